The molecule has 0 fully saturated rings. The summed E-state index contributed by atoms with van der Waals surface area (Å²) in [6.45, 7) is 4.96. The lowest BCUT2D eigenvalue weighted by atomic mass is 10.2. The summed E-state index contributed by atoms with van der Waals surface area (Å²) < 4.78 is 46.4. The van der Waals surface area contributed by atoms with Crippen LogP contribution < -0.4 is 4.74 Å². The standard InChI is InChI=1S/C10H12NO.BF4/c1-3-11-10-7-5-4-6-9(10)8(2)12-11;2-1(3,4)5/h4-7H,3H2,1-2H3;/q+1;-1. The first-order valence-electron chi connectivity index (χ1n) is 5.08. The third-order valence-corrected chi connectivity index (χ3v) is 2.09. The second-order valence-electron chi connectivity index (χ2n) is 3.35. The number of benzene rings is 1. The van der Waals surface area contributed by atoms with Gasteiger partial charge in [0.25, 0.3) is 5.52 Å². The Balaban J connectivity index is 0.000000249. The normalized spacial score (nSPS) is 11.2. The van der Waals surface area contributed by atoms with Gasteiger partial charge in [0.1, 0.15) is 0 Å². The molecule has 0 aliphatic carbocycles. The van der Waals surface area contributed by atoms with Crippen LogP contribution in [-0.4, -0.2) is 7.25 Å². The highest BCUT2D eigenvalue weighted by atomic mass is 19.5. The SMILES string of the molecule is CC[n+]1oc(C)c2ccccc21.F[B-](F)(F)F. The molecule has 0 atom stereocenters. The molecule has 0 bridgehead atoms. The zero-order valence-electron chi connectivity index (χ0n) is 9.46. The van der Waals surface area contributed by atoms with Gasteiger partial charge in [0.2, 0.25) is 0 Å². The Morgan fingerprint density at radius 1 is 1.18 bits per heavy atom. The molecule has 0 spiro atoms. The van der Waals surface area contributed by atoms with Crippen molar-refractivity contribution in [1.82, 2.24) is 0 Å². The van der Waals surface area contributed by atoms with Gasteiger partial charge in [-0.15, -0.1) is 0 Å². The molecule has 94 valence electrons. The average Bonchev–Trinajstić information content (AvgIpc) is 2.54. The van der Waals surface area contributed by atoms with Gasteiger partial charge in [-0.3, -0.25) is 0 Å². The Bertz CT molecular complexity index is 489. The molecule has 0 radical (unpaired) electrons. The second kappa shape index (κ2) is 5.20. The van der Waals surface area contributed by atoms with Crippen molar-refractivity contribution in [3.63, 3.8) is 0 Å². The van der Waals surface area contributed by atoms with E-state index in [-0.39, 0.29) is 0 Å². The third kappa shape index (κ3) is 4.09. The molecule has 0 saturated heterocycles. The van der Waals surface area contributed by atoms with E-state index in [4.69, 9.17) is 4.52 Å². The molecule has 0 N–H and O–H groups in total. The zero-order valence-corrected chi connectivity index (χ0v) is 9.46. The van der Waals surface area contributed by atoms with E-state index in [0.29, 0.717) is 0 Å². The molecule has 0 aliphatic rings. The Morgan fingerprint density at radius 3 is 2.24 bits per heavy atom. The van der Waals surface area contributed by atoms with Crippen LogP contribution in [0, 0.1) is 6.92 Å². The lowest BCUT2D eigenvalue weighted by Crippen LogP contribution is -2.29. The van der Waals surface area contributed by atoms with Gasteiger partial charge in [0, 0.05) is 13.0 Å². The topological polar surface area (TPSA) is 17.0 Å². The molecule has 1 aromatic heterocycles. The summed E-state index contributed by atoms with van der Waals surface area (Å²) in [7, 11) is -6.00. The quantitative estimate of drug-likeness (QED) is 0.430. The maximum Gasteiger partial charge on any atom is 0.673 e. The van der Waals surface area contributed by atoms with E-state index in [1.807, 2.05) is 23.8 Å². The predicted octanol–water partition coefficient (Wildman–Crippen LogP) is 3.35. The van der Waals surface area contributed by atoms with Gasteiger partial charge in [-0.1, -0.05) is 12.1 Å². The van der Waals surface area contributed by atoms with Crippen LogP contribution >= 0.6 is 0 Å². The van der Waals surface area contributed by atoms with Crippen molar-refractivity contribution in [2.45, 2.75) is 20.4 Å². The van der Waals surface area contributed by atoms with Crippen LogP contribution in [-0.2, 0) is 6.54 Å². The first-order valence-corrected chi connectivity index (χ1v) is 5.08. The fourth-order valence-electron chi connectivity index (χ4n) is 1.49. The summed E-state index contributed by atoms with van der Waals surface area (Å²) in [5.41, 5.74) is 1.18. The highest BCUT2D eigenvalue weighted by Gasteiger charge is 2.20. The van der Waals surface area contributed by atoms with Gasteiger partial charge in [0.15, 0.2) is 12.3 Å². The van der Waals surface area contributed by atoms with Crippen molar-refractivity contribution in [2.24, 2.45) is 0 Å². The molecule has 7 heteroatoms. The van der Waals surface area contributed by atoms with Crippen LogP contribution in [0.1, 0.15) is 12.7 Å². The summed E-state index contributed by atoms with van der Waals surface area (Å²) in [6.07, 6.45) is 0. The molecular formula is C10H12BF4NO. The summed E-state index contributed by atoms with van der Waals surface area (Å²) in [5.74, 6) is 0.993. The Hall–Kier alpha value is -1.53. The molecular weight excluding hydrogens is 237 g/mol. The molecule has 0 aliphatic heterocycles. The van der Waals surface area contributed by atoms with Crippen molar-refractivity contribution >= 4 is 18.2 Å². The number of halogens is 4. The number of fused-ring (bicyclic) bond motifs is 1. The summed E-state index contributed by atoms with van der Waals surface area (Å²) in [4.78, 5) is 0. The van der Waals surface area contributed by atoms with Crippen molar-refractivity contribution in [3.05, 3.63) is 30.0 Å². The van der Waals surface area contributed by atoms with Crippen molar-refractivity contribution in [3.8, 4) is 0 Å². The smallest absolute Gasteiger partial charge is 0.418 e. The predicted molar refractivity (Wildman–Crippen MR) is 57.0 cm³/mol. The van der Waals surface area contributed by atoms with E-state index in [9.17, 15) is 17.3 Å². The minimum atomic E-state index is -6.00. The Labute approximate surface area is 95.9 Å². The minimum Gasteiger partial charge on any atom is -0.418 e. The van der Waals surface area contributed by atoms with Crippen LogP contribution in [0.15, 0.2) is 28.8 Å². The van der Waals surface area contributed by atoms with Crippen molar-refractivity contribution in [1.29, 1.82) is 0 Å². The third-order valence-electron chi connectivity index (χ3n) is 2.09. The maximum absolute atomic E-state index is 9.75. The van der Waals surface area contributed by atoms with Crippen LogP contribution in [0.5, 0.6) is 0 Å². The molecule has 0 saturated carbocycles. The van der Waals surface area contributed by atoms with Crippen LogP contribution in [0.25, 0.3) is 10.9 Å². The molecule has 0 amide bonds. The maximum atomic E-state index is 9.75. The highest BCUT2D eigenvalue weighted by Crippen LogP contribution is 2.14. The molecule has 0 unspecified atom stereocenters. The molecule has 2 aromatic rings. The lowest BCUT2D eigenvalue weighted by molar-refractivity contribution is -0.842. The van der Waals surface area contributed by atoms with E-state index >= 15 is 0 Å². The highest BCUT2D eigenvalue weighted by molar-refractivity contribution is 6.50. The van der Waals surface area contributed by atoms with E-state index in [1.54, 1.807) is 0 Å². The number of aromatic nitrogens is 1. The summed E-state index contributed by atoms with van der Waals surface area (Å²) >= 11 is 0. The van der Waals surface area contributed by atoms with Crippen LogP contribution in [0.3, 0.4) is 0 Å². The largest absolute Gasteiger partial charge is 0.673 e. The molecule has 1 heterocycles. The first kappa shape index (κ1) is 13.5. The summed E-state index contributed by atoms with van der Waals surface area (Å²) in [6, 6.07) is 8.23. The Morgan fingerprint density at radius 2 is 1.71 bits per heavy atom. The number of nitrogens with zero attached hydrogens (tertiary/aromatic N) is 1. The number of para-hydroxylation sites is 1. The van der Waals surface area contributed by atoms with Crippen molar-refractivity contribution < 1.29 is 26.5 Å². The molecule has 2 nitrogen and oxygen atoms in total. The number of rotatable bonds is 1. The van der Waals surface area contributed by atoms with Gasteiger partial charge < -0.3 is 17.3 Å². The first-order chi connectivity index (χ1) is 7.83. The lowest BCUT2D eigenvalue weighted by Gasteiger charge is -1.94. The zero-order chi connectivity index (χ0) is 13.1. The number of hydrogen-bond donors (Lipinski definition) is 0. The number of hydrogen-bond acceptors (Lipinski definition) is 1. The van der Waals surface area contributed by atoms with Crippen LogP contribution in [0.2, 0.25) is 0 Å². The van der Waals surface area contributed by atoms with Gasteiger partial charge in [-0.05, 0) is 17.7 Å². The monoisotopic (exact) mass is 249 g/mol. The van der Waals surface area contributed by atoms with E-state index in [2.05, 4.69) is 19.1 Å². The molecule has 2 rings (SSSR count). The fraction of sp³-hybridized carbons (Fsp3) is 0.300. The van der Waals surface area contributed by atoms with Gasteiger partial charge in [-0.25, -0.2) is 4.52 Å². The molecule has 17 heavy (non-hydrogen) atoms. The second-order valence-corrected chi connectivity index (χ2v) is 3.35. The summed E-state index contributed by atoms with van der Waals surface area (Å²) in [5, 5.41) is 1.21. The van der Waals surface area contributed by atoms with Crippen molar-refractivity contribution in [2.75, 3.05) is 0 Å². The minimum absolute atomic E-state index is 0.883. The number of aryl methyl sites for hydroxylation is 2. The average molecular weight is 249 g/mol. The van der Waals surface area contributed by atoms with E-state index < -0.39 is 7.25 Å². The fourth-order valence-corrected chi connectivity index (χ4v) is 1.49. The Kier molecular flexibility index (Phi) is 4.14. The molecule has 1 aromatic carbocycles. The van der Waals surface area contributed by atoms with E-state index in [1.165, 1.54) is 10.9 Å². The van der Waals surface area contributed by atoms with E-state index in [0.717, 1.165) is 12.3 Å². The van der Waals surface area contributed by atoms with Gasteiger partial charge in [0.05, 0.1) is 5.39 Å². The van der Waals surface area contributed by atoms with Gasteiger partial charge >= 0.3 is 7.25 Å². The van der Waals surface area contributed by atoms with Crippen LogP contribution in [0.4, 0.5) is 17.3 Å². The van der Waals surface area contributed by atoms with Gasteiger partial charge in [-0.2, -0.15) is 0 Å².